The monoisotopic (exact) mass is 358 g/mol. The van der Waals surface area contributed by atoms with Gasteiger partial charge in [0.2, 0.25) is 5.91 Å². The Hall–Kier alpha value is -2.42. The molecule has 0 radical (unpaired) electrons. The molecule has 9 heteroatoms. The van der Waals surface area contributed by atoms with E-state index in [2.05, 4.69) is 10.3 Å². The van der Waals surface area contributed by atoms with Crippen LogP contribution in [0.2, 0.25) is 0 Å². The molecule has 0 fully saturated rings. The van der Waals surface area contributed by atoms with E-state index >= 15 is 0 Å². The van der Waals surface area contributed by atoms with Gasteiger partial charge in [0.05, 0.1) is 17.7 Å². The average Bonchev–Trinajstić information content (AvgIpc) is 2.94. The third-order valence-corrected chi connectivity index (χ3v) is 4.02. The number of hydrogen-bond acceptors (Lipinski definition) is 4. The summed E-state index contributed by atoms with van der Waals surface area (Å²) in [5.74, 6) is -1.68. The summed E-state index contributed by atoms with van der Waals surface area (Å²) in [6.45, 7) is 1.33. The number of carbonyl (C=O) groups excluding carboxylic acids is 1. The number of carbonyl (C=O) groups is 2. The number of amides is 1. The molecule has 0 saturated carbocycles. The van der Waals surface area contributed by atoms with E-state index in [4.69, 9.17) is 5.11 Å². The summed E-state index contributed by atoms with van der Waals surface area (Å²) in [4.78, 5) is 26.5. The van der Waals surface area contributed by atoms with Crippen LogP contribution in [0.1, 0.15) is 18.2 Å². The topological polar surface area (TPSA) is 79.3 Å². The van der Waals surface area contributed by atoms with Crippen LogP contribution in [0.5, 0.6) is 0 Å². The van der Waals surface area contributed by atoms with Crippen molar-refractivity contribution in [2.75, 3.05) is 0 Å². The van der Waals surface area contributed by atoms with E-state index < -0.39 is 29.7 Å². The number of aromatic nitrogens is 1. The van der Waals surface area contributed by atoms with Gasteiger partial charge in [0, 0.05) is 10.9 Å². The fourth-order valence-corrected chi connectivity index (χ4v) is 2.68. The van der Waals surface area contributed by atoms with Gasteiger partial charge < -0.3 is 10.4 Å². The molecule has 0 bridgehead atoms. The van der Waals surface area contributed by atoms with Crippen LogP contribution < -0.4 is 5.32 Å². The van der Waals surface area contributed by atoms with Crippen molar-refractivity contribution < 1.29 is 27.9 Å². The first-order valence-electron chi connectivity index (χ1n) is 6.81. The van der Waals surface area contributed by atoms with Gasteiger partial charge in [-0.15, -0.1) is 11.3 Å². The van der Waals surface area contributed by atoms with Crippen molar-refractivity contribution >= 4 is 23.2 Å². The SMILES string of the molecule is C[C@H](NC(=O)Cc1csc(-c2cccc(C(F)(F)F)c2)n1)C(=O)O. The number of carboxylic acids is 1. The number of nitrogens with one attached hydrogen (secondary N) is 1. The van der Waals surface area contributed by atoms with Gasteiger partial charge in [0.25, 0.3) is 0 Å². The van der Waals surface area contributed by atoms with Gasteiger partial charge in [-0.1, -0.05) is 12.1 Å². The average molecular weight is 358 g/mol. The lowest BCUT2D eigenvalue weighted by Crippen LogP contribution is -2.39. The predicted octanol–water partition coefficient (Wildman–Crippen LogP) is 2.96. The van der Waals surface area contributed by atoms with Gasteiger partial charge in [0.1, 0.15) is 11.0 Å². The highest BCUT2D eigenvalue weighted by Gasteiger charge is 2.30. The Morgan fingerprint density at radius 1 is 1.38 bits per heavy atom. The van der Waals surface area contributed by atoms with Crippen molar-refractivity contribution in [3.05, 3.63) is 40.9 Å². The molecule has 0 unspecified atom stereocenters. The molecule has 1 heterocycles. The molecule has 1 aromatic heterocycles. The molecule has 1 atom stereocenters. The smallest absolute Gasteiger partial charge is 0.416 e. The van der Waals surface area contributed by atoms with Crippen molar-refractivity contribution in [2.45, 2.75) is 25.6 Å². The molecular weight excluding hydrogens is 345 g/mol. The Morgan fingerprint density at radius 3 is 2.71 bits per heavy atom. The van der Waals surface area contributed by atoms with E-state index in [1.165, 1.54) is 19.1 Å². The van der Waals surface area contributed by atoms with Crippen LogP contribution in [0.3, 0.4) is 0 Å². The number of nitrogens with zero attached hydrogens (tertiary/aromatic N) is 1. The first-order valence-corrected chi connectivity index (χ1v) is 7.69. The van der Waals surface area contributed by atoms with E-state index in [9.17, 15) is 22.8 Å². The third-order valence-electron chi connectivity index (χ3n) is 3.08. The number of hydrogen-bond donors (Lipinski definition) is 2. The highest BCUT2D eigenvalue weighted by Crippen LogP contribution is 2.33. The van der Waals surface area contributed by atoms with E-state index in [1.807, 2.05) is 0 Å². The minimum atomic E-state index is -4.44. The molecule has 128 valence electrons. The highest BCUT2D eigenvalue weighted by molar-refractivity contribution is 7.13. The van der Waals surface area contributed by atoms with E-state index in [-0.39, 0.29) is 6.42 Å². The predicted molar refractivity (Wildman–Crippen MR) is 81.5 cm³/mol. The van der Waals surface area contributed by atoms with Crippen LogP contribution in [0, 0.1) is 0 Å². The van der Waals surface area contributed by atoms with Gasteiger partial charge in [0.15, 0.2) is 0 Å². The largest absolute Gasteiger partial charge is 0.480 e. The summed E-state index contributed by atoms with van der Waals surface area (Å²) in [6, 6.07) is 3.73. The van der Waals surface area contributed by atoms with Gasteiger partial charge in [-0.05, 0) is 19.1 Å². The van der Waals surface area contributed by atoms with Gasteiger partial charge in [-0.25, -0.2) is 4.98 Å². The van der Waals surface area contributed by atoms with Crippen LogP contribution in [0.15, 0.2) is 29.6 Å². The fraction of sp³-hybridized carbons (Fsp3) is 0.267. The minimum absolute atomic E-state index is 0.146. The maximum absolute atomic E-state index is 12.7. The number of thiazole rings is 1. The van der Waals surface area contributed by atoms with Crippen molar-refractivity contribution in [3.63, 3.8) is 0 Å². The molecular formula is C15H13F3N2O3S. The Kier molecular flexibility index (Phi) is 5.23. The zero-order chi connectivity index (χ0) is 17.9. The molecule has 2 aromatic rings. The van der Waals surface area contributed by atoms with Crippen molar-refractivity contribution in [1.29, 1.82) is 0 Å². The molecule has 0 aliphatic rings. The number of rotatable bonds is 5. The quantitative estimate of drug-likeness (QED) is 0.861. The Labute approximate surface area is 139 Å². The summed E-state index contributed by atoms with van der Waals surface area (Å²) in [5.41, 5.74) is -0.104. The second kappa shape index (κ2) is 7.00. The Morgan fingerprint density at radius 2 is 2.08 bits per heavy atom. The molecule has 2 rings (SSSR count). The van der Waals surface area contributed by atoms with Crippen LogP contribution >= 0.6 is 11.3 Å². The summed E-state index contributed by atoms with van der Waals surface area (Å²) >= 11 is 1.11. The van der Waals surface area contributed by atoms with Gasteiger partial charge >= 0.3 is 12.1 Å². The molecule has 1 amide bonds. The van der Waals surface area contributed by atoms with E-state index in [0.717, 1.165) is 23.5 Å². The number of aliphatic carboxylic acids is 1. The molecule has 1 aromatic carbocycles. The second-order valence-electron chi connectivity index (χ2n) is 5.03. The number of benzene rings is 1. The molecule has 0 spiro atoms. The summed E-state index contributed by atoms with van der Waals surface area (Å²) < 4.78 is 38.2. The maximum Gasteiger partial charge on any atom is 0.416 e. The molecule has 24 heavy (non-hydrogen) atoms. The zero-order valence-electron chi connectivity index (χ0n) is 12.4. The molecule has 0 aliphatic carbocycles. The molecule has 0 aliphatic heterocycles. The first-order chi connectivity index (χ1) is 11.2. The Balaban J connectivity index is 2.11. The Bertz CT molecular complexity index is 758. The fourth-order valence-electron chi connectivity index (χ4n) is 1.87. The maximum atomic E-state index is 12.7. The number of carboxylic acid groups (broad SMARTS) is 1. The molecule has 2 N–H and O–H groups in total. The van der Waals surface area contributed by atoms with E-state index in [1.54, 1.807) is 5.38 Å². The normalized spacial score (nSPS) is 12.7. The lowest BCUT2D eigenvalue weighted by atomic mass is 10.1. The van der Waals surface area contributed by atoms with Gasteiger partial charge in [-0.2, -0.15) is 13.2 Å². The summed E-state index contributed by atoms with van der Waals surface area (Å²) in [5, 5.41) is 12.9. The zero-order valence-corrected chi connectivity index (χ0v) is 13.2. The van der Waals surface area contributed by atoms with Crippen LogP contribution in [0.25, 0.3) is 10.6 Å². The van der Waals surface area contributed by atoms with Crippen molar-refractivity contribution in [1.82, 2.24) is 10.3 Å². The van der Waals surface area contributed by atoms with Crippen molar-refractivity contribution in [3.8, 4) is 10.6 Å². The number of alkyl halides is 3. The number of halogens is 3. The second-order valence-corrected chi connectivity index (χ2v) is 5.88. The summed E-state index contributed by atoms with van der Waals surface area (Å²) in [7, 11) is 0. The summed E-state index contributed by atoms with van der Waals surface area (Å²) in [6.07, 6.45) is -4.59. The van der Waals surface area contributed by atoms with Crippen molar-refractivity contribution in [2.24, 2.45) is 0 Å². The highest BCUT2D eigenvalue weighted by atomic mass is 32.1. The molecule has 0 saturated heterocycles. The van der Waals surface area contributed by atoms with Gasteiger partial charge in [-0.3, -0.25) is 9.59 Å². The molecule has 5 nitrogen and oxygen atoms in total. The standard InChI is InChI=1S/C15H13F3N2O3S/c1-8(14(22)23)19-12(21)6-11-7-24-13(20-11)9-3-2-4-10(5-9)15(16,17)18/h2-5,7-8H,6H2,1H3,(H,19,21)(H,22,23)/t8-/m0/s1. The van der Waals surface area contributed by atoms with Crippen LogP contribution in [0.4, 0.5) is 13.2 Å². The third kappa shape index (κ3) is 4.54. The van der Waals surface area contributed by atoms with Crippen LogP contribution in [-0.2, 0) is 22.2 Å². The van der Waals surface area contributed by atoms with Crippen LogP contribution in [-0.4, -0.2) is 28.0 Å². The minimum Gasteiger partial charge on any atom is -0.480 e. The lowest BCUT2D eigenvalue weighted by Gasteiger charge is -2.08. The van der Waals surface area contributed by atoms with E-state index in [0.29, 0.717) is 16.3 Å². The lowest BCUT2D eigenvalue weighted by molar-refractivity contribution is -0.141. The first kappa shape index (κ1) is 17.9.